The molecule has 1 aromatic rings. The number of ether oxygens (including phenoxy) is 1. The van der Waals surface area contributed by atoms with Gasteiger partial charge >= 0.3 is 0 Å². The molecule has 0 saturated carbocycles. The molecule has 1 amide bonds. The number of hydrogen-bond donors (Lipinski definition) is 2. The summed E-state index contributed by atoms with van der Waals surface area (Å²) in [5.41, 5.74) is 6.60. The van der Waals surface area contributed by atoms with Crippen molar-refractivity contribution in [2.75, 3.05) is 26.8 Å². The van der Waals surface area contributed by atoms with E-state index in [4.69, 9.17) is 15.7 Å². The van der Waals surface area contributed by atoms with Crippen molar-refractivity contribution in [1.29, 1.82) is 0 Å². The molecule has 1 unspecified atom stereocenters. The maximum atomic E-state index is 12.4. The number of hydrogen-bond acceptors (Lipinski definition) is 4. The molecule has 114 valence electrons. The molecule has 6 heteroatoms. The van der Waals surface area contributed by atoms with Crippen molar-refractivity contribution in [2.24, 2.45) is 16.8 Å². The second-order valence-corrected chi connectivity index (χ2v) is 5.33. The molecule has 1 aliphatic rings. The van der Waals surface area contributed by atoms with Crippen LogP contribution in [-0.2, 0) is 4.74 Å². The van der Waals surface area contributed by atoms with E-state index in [1.54, 1.807) is 36.2 Å². The van der Waals surface area contributed by atoms with Crippen LogP contribution in [0.15, 0.2) is 29.4 Å². The highest BCUT2D eigenvalue weighted by molar-refractivity contribution is 6.01. The zero-order chi connectivity index (χ0) is 15.2. The zero-order valence-corrected chi connectivity index (χ0v) is 12.2. The second kappa shape index (κ2) is 7.08. The summed E-state index contributed by atoms with van der Waals surface area (Å²) in [6, 6.07) is 6.77. The van der Waals surface area contributed by atoms with Crippen molar-refractivity contribution in [3.8, 4) is 0 Å². The Labute approximate surface area is 124 Å². The van der Waals surface area contributed by atoms with Gasteiger partial charge in [0, 0.05) is 31.3 Å². The average molecular weight is 291 g/mol. The Morgan fingerprint density at radius 1 is 1.52 bits per heavy atom. The van der Waals surface area contributed by atoms with Gasteiger partial charge in [-0.25, -0.2) is 0 Å². The number of benzene rings is 1. The van der Waals surface area contributed by atoms with Crippen molar-refractivity contribution >= 4 is 11.7 Å². The monoisotopic (exact) mass is 291 g/mol. The molecule has 6 nitrogen and oxygen atoms in total. The third-order valence-electron chi connectivity index (χ3n) is 3.65. The van der Waals surface area contributed by atoms with Gasteiger partial charge in [-0.2, -0.15) is 0 Å². The SMILES string of the molecule is CN(CC1CCCOC1)C(=O)c1cccc(C(N)=NO)c1. The molecule has 1 aliphatic heterocycles. The van der Waals surface area contributed by atoms with Gasteiger partial charge < -0.3 is 20.6 Å². The predicted molar refractivity (Wildman–Crippen MR) is 79.5 cm³/mol. The number of nitrogens with zero attached hydrogens (tertiary/aromatic N) is 2. The first-order valence-electron chi connectivity index (χ1n) is 7.03. The minimum atomic E-state index is -0.0758. The van der Waals surface area contributed by atoms with E-state index in [9.17, 15) is 4.79 Å². The first-order valence-corrected chi connectivity index (χ1v) is 7.03. The lowest BCUT2D eigenvalue weighted by molar-refractivity contribution is 0.0388. The summed E-state index contributed by atoms with van der Waals surface area (Å²) < 4.78 is 5.44. The highest BCUT2D eigenvalue weighted by Gasteiger charge is 2.20. The van der Waals surface area contributed by atoms with Gasteiger partial charge in [0.05, 0.1) is 6.61 Å². The van der Waals surface area contributed by atoms with Gasteiger partial charge in [0.25, 0.3) is 5.91 Å². The molecule has 21 heavy (non-hydrogen) atoms. The molecule has 0 radical (unpaired) electrons. The number of carbonyl (C=O) groups is 1. The largest absolute Gasteiger partial charge is 0.409 e. The summed E-state index contributed by atoms with van der Waals surface area (Å²) in [7, 11) is 1.78. The number of amides is 1. The molecule has 2 rings (SSSR count). The summed E-state index contributed by atoms with van der Waals surface area (Å²) in [6.45, 7) is 2.20. The van der Waals surface area contributed by atoms with E-state index in [1.807, 2.05) is 0 Å². The molecular formula is C15H21N3O3. The van der Waals surface area contributed by atoms with Crippen LogP contribution in [-0.4, -0.2) is 48.7 Å². The fourth-order valence-electron chi connectivity index (χ4n) is 2.51. The molecule has 1 aromatic carbocycles. The highest BCUT2D eigenvalue weighted by atomic mass is 16.5. The lowest BCUT2D eigenvalue weighted by Crippen LogP contribution is -2.35. The maximum Gasteiger partial charge on any atom is 0.253 e. The van der Waals surface area contributed by atoms with Gasteiger partial charge in [-0.05, 0) is 30.9 Å². The summed E-state index contributed by atoms with van der Waals surface area (Å²) in [5.74, 6) is 0.307. The molecule has 3 N–H and O–H groups in total. The average Bonchev–Trinajstić information content (AvgIpc) is 2.54. The van der Waals surface area contributed by atoms with Crippen molar-refractivity contribution in [2.45, 2.75) is 12.8 Å². The van der Waals surface area contributed by atoms with Crippen LogP contribution >= 0.6 is 0 Å². The molecule has 1 heterocycles. The first kappa shape index (κ1) is 15.3. The van der Waals surface area contributed by atoms with E-state index < -0.39 is 0 Å². The Balaban J connectivity index is 2.04. The quantitative estimate of drug-likeness (QED) is 0.378. The summed E-state index contributed by atoms with van der Waals surface area (Å²) >= 11 is 0. The Bertz CT molecular complexity index is 525. The van der Waals surface area contributed by atoms with Crippen LogP contribution in [0.2, 0.25) is 0 Å². The Morgan fingerprint density at radius 2 is 2.29 bits per heavy atom. The van der Waals surface area contributed by atoms with E-state index in [0.717, 1.165) is 19.4 Å². The van der Waals surface area contributed by atoms with Crippen LogP contribution < -0.4 is 5.73 Å². The van der Waals surface area contributed by atoms with E-state index in [-0.39, 0.29) is 11.7 Å². The summed E-state index contributed by atoms with van der Waals surface area (Å²) in [6.07, 6.45) is 2.13. The predicted octanol–water partition coefficient (Wildman–Crippen LogP) is 1.28. The molecule has 1 saturated heterocycles. The van der Waals surface area contributed by atoms with E-state index in [2.05, 4.69) is 5.16 Å². The maximum absolute atomic E-state index is 12.4. The number of rotatable bonds is 4. The van der Waals surface area contributed by atoms with E-state index in [1.165, 1.54) is 0 Å². The topological polar surface area (TPSA) is 88.2 Å². The van der Waals surface area contributed by atoms with Gasteiger partial charge in [-0.1, -0.05) is 17.3 Å². The van der Waals surface area contributed by atoms with Crippen LogP contribution in [0.25, 0.3) is 0 Å². The van der Waals surface area contributed by atoms with Crippen LogP contribution in [0, 0.1) is 5.92 Å². The van der Waals surface area contributed by atoms with Crippen LogP contribution in [0.1, 0.15) is 28.8 Å². The van der Waals surface area contributed by atoms with E-state index >= 15 is 0 Å². The number of oxime groups is 1. The van der Waals surface area contributed by atoms with E-state index in [0.29, 0.717) is 30.2 Å². The molecule has 1 fully saturated rings. The molecule has 0 aromatic heterocycles. The lowest BCUT2D eigenvalue weighted by Gasteiger charge is -2.27. The molecular weight excluding hydrogens is 270 g/mol. The molecule has 0 bridgehead atoms. The number of nitrogens with two attached hydrogens (primary N) is 1. The minimum absolute atomic E-state index is 0.00650. The van der Waals surface area contributed by atoms with Crippen molar-refractivity contribution in [3.63, 3.8) is 0 Å². The Hall–Kier alpha value is -2.08. The van der Waals surface area contributed by atoms with Crippen molar-refractivity contribution < 1.29 is 14.7 Å². The van der Waals surface area contributed by atoms with Crippen LogP contribution in [0.4, 0.5) is 0 Å². The molecule has 0 spiro atoms. The zero-order valence-electron chi connectivity index (χ0n) is 12.2. The third-order valence-corrected chi connectivity index (χ3v) is 3.65. The summed E-state index contributed by atoms with van der Waals surface area (Å²) in [5, 5.41) is 11.6. The number of amidine groups is 1. The fourth-order valence-corrected chi connectivity index (χ4v) is 2.51. The smallest absolute Gasteiger partial charge is 0.253 e. The lowest BCUT2D eigenvalue weighted by atomic mass is 10.0. The number of carbonyl (C=O) groups excluding carboxylic acids is 1. The first-order chi connectivity index (χ1) is 10.1. The van der Waals surface area contributed by atoms with Gasteiger partial charge in [-0.3, -0.25) is 4.79 Å². The molecule has 1 atom stereocenters. The third kappa shape index (κ3) is 3.95. The standard InChI is InChI=1S/C15H21N3O3/c1-18(9-11-4-3-7-21-10-11)15(19)13-6-2-5-12(8-13)14(16)17-20/h2,5-6,8,11,20H,3-4,7,9-10H2,1H3,(H2,16,17). The fraction of sp³-hybridized carbons (Fsp3) is 0.467. The Kier molecular flexibility index (Phi) is 5.16. The van der Waals surface area contributed by atoms with Crippen LogP contribution in [0.3, 0.4) is 0 Å². The summed E-state index contributed by atoms with van der Waals surface area (Å²) in [4.78, 5) is 14.1. The highest BCUT2D eigenvalue weighted by Crippen LogP contribution is 2.16. The van der Waals surface area contributed by atoms with Gasteiger partial charge in [0.2, 0.25) is 0 Å². The van der Waals surface area contributed by atoms with Crippen LogP contribution in [0.5, 0.6) is 0 Å². The second-order valence-electron chi connectivity index (χ2n) is 5.33. The van der Waals surface area contributed by atoms with Gasteiger partial charge in [0.15, 0.2) is 5.84 Å². The molecule has 0 aliphatic carbocycles. The van der Waals surface area contributed by atoms with Crippen molar-refractivity contribution in [1.82, 2.24) is 4.90 Å². The Morgan fingerprint density at radius 3 is 2.95 bits per heavy atom. The minimum Gasteiger partial charge on any atom is -0.409 e. The van der Waals surface area contributed by atoms with Gasteiger partial charge in [-0.15, -0.1) is 0 Å². The van der Waals surface area contributed by atoms with Gasteiger partial charge in [0.1, 0.15) is 0 Å². The van der Waals surface area contributed by atoms with Crippen molar-refractivity contribution in [3.05, 3.63) is 35.4 Å². The normalized spacial score (nSPS) is 19.3.